The number of carboxylic acids is 1. The SMILES string of the molecule is O=C(O)CCCC(=O)Nc1ccccc1-c1nc2ccccc2[nH]c1=O. The first-order valence-electron chi connectivity index (χ1n) is 8.15. The van der Waals surface area contributed by atoms with Crippen LogP contribution < -0.4 is 10.9 Å². The Kier molecular flexibility index (Phi) is 5.07. The molecule has 26 heavy (non-hydrogen) atoms. The van der Waals surface area contributed by atoms with Crippen LogP contribution in [-0.2, 0) is 9.59 Å². The minimum Gasteiger partial charge on any atom is -0.481 e. The molecule has 3 aromatic rings. The molecule has 0 atom stereocenters. The molecule has 0 saturated carbocycles. The van der Waals surface area contributed by atoms with Gasteiger partial charge in [0.15, 0.2) is 0 Å². The third-order valence-corrected chi connectivity index (χ3v) is 3.85. The Balaban J connectivity index is 1.90. The number of hydrogen-bond acceptors (Lipinski definition) is 4. The standard InChI is InChI=1S/C19H17N3O4/c23-16(10-5-11-17(24)25)20-13-7-2-1-6-12(13)18-19(26)22-15-9-4-3-8-14(15)21-18/h1-4,6-9H,5,10-11H2,(H,20,23)(H,22,26)(H,24,25). The number of hydrogen-bond donors (Lipinski definition) is 3. The maximum absolute atomic E-state index is 12.4. The molecule has 2 aromatic carbocycles. The van der Waals surface area contributed by atoms with Gasteiger partial charge in [-0.2, -0.15) is 0 Å². The molecule has 7 heteroatoms. The fourth-order valence-corrected chi connectivity index (χ4v) is 2.62. The fourth-order valence-electron chi connectivity index (χ4n) is 2.62. The Morgan fingerprint density at radius 2 is 1.77 bits per heavy atom. The molecule has 0 unspecified atom stereocenters. The van der Waals surface area contributed by atoms with Crippen LogP contribution in [0.4, 0.5) is 5.69 Å². The molecule has 0 spiro atoms. The maximum atomic E-state index is 12.4. The quantitative estimate of drug-likeness (QED) is 0.632. The van der Waals surface area contributed by atoms with Gasteiger partial charge in [0.1, 0.15) is 5.69 Å². The normalized spacial score (nSPS) is 10.6. The highest BCUT2D eigenvalue weighted by molar-refractivity contribution is 5.95. The molecule has 0 aliphatic heterocycles. The van der Waals surface area contributed by atoms with Crippen LogP contribution >= 0.6 is 0 Å². The third kappa shape index (κ3) is 3.94. The number of aromatic nitrogens is 2. The molecule has 0 aliphatic carbocycles. The lowest BCUT2D eigenvalue weighted by Gasteiger charge is -2.10. The highest BCUT2D eigenvalue weighted by Gasteiger charge is 2.13. The number of nitrogens with one attached hydrogen (secondary N) is 2. The van der Waals surface area contributed by atoms with E-state index in [9.17, 15) is 14.4 Å². The Morgan fingerprint density at radius 3 is 2.58 bits per heavy atom. The molecule has 132 valence electrons. The van der Waals surface area contributed by atoms with Crippen LogP contribution in [0.3, 0.4) is 0 Å². The van der Waals surface area contributed by atoms with E-state index in [-0.39, 0.29) is 36.4 Å². The minimum atomic E-state index is -0.940. The summed E-state index contributed by atoms with van der Waals surface area (Å²) in [7, 11) is 0. The summed E-state index contributed by atoms with van der Waals surface area (Å²) in [6.45, 7) is 0. The number of carbonyl (C=O) groups excluding carboxylic acids is 1. The summed E-state index contributed by atoms with van der Waals surface area (Å²) in [4.78, 5) is 42.2. The highest BCUT2D eigenvalue weighted by Crippen LogP contribution is 2.25. The van der Waals surface area contributed by atoms with Gasteiger partial charge in [0, 0.05) is 18.4 Å². The van der Waals surface area contributed by atoms with Crippen LogP contribution in [0.25, 0.3) is 22.3 Å². The maximum Gasteiger partial charge on any atom is 0.303 e. The van der Waals surface area contributed by atoms with Gasteiger partial charge in [-0.3, -0.25) is 14.4 Å². The molecule has 1 aromatic heterocycles. The van der Waals surface area contributed by atoms with Crippen LogP contribution in [0.5, 0.6) is 0 Å². The molecule has 0 fully saturated rings. The molecule has 3 N–H and O–H groups in total. The molecule has 1 heterocycles. The first kappa shape index (κ1) is 17.3. The lowest BCUT2D eigenvalue weighted by molar-refractivity contribution is -0.137. The van der Waals surface area contributed by atoms with E-state index in [1.807, 2.05) is 12.1 Å². The molecule has 3 rings (SSSR count). The van der Waals surface area contributed by atoms with Crippen molar-refractivity contribution in [3.63, 3.8) is 0 Å². The second-order valence-corrected chi connectivity index (χ2v) is 5.77. The van der Waals surface area contributed by atoms with Gasteiger partial charge in [-0.15, -0.1) is 0 Å². The predicted octanol–water partition coefficient (Wildman–Crippen LogP) is 2.78. The topological polar surface area (TPSA) is 112 Å². The van der Waals surface area contributed by atoms with Crippen molar-refractivity contribution in [2.24, 2.45) is 0 Å². The molecule has 0 saturated heterocycles. The zero-order chi connectivity index (χ0) is 18.5. The molecule has 0 aliphatic rings. The third-order valence-electron chi connectivity index (χ3n) is 3.85. The predicted molar refractivity (Wildman–Crippen MR) is 97.9 cm³/mol. The molecule has 0 radical (unpaired) electrons. The van der Waals surface area contributed by atoms with Crippen LogP contribution in [0.1, 0.15) is 19.3 Å². The van der Waals surface area contributed by atoms with Gasteiger partial charge in [0.25, 0.3) is 5.56 Å². The average Bonchev–Trinajstić information content (AvgIpc) is 2.61. The monoisotopic (exact) mass is 351 g/mol. The first-order valence-corrected chi connectivity index (χ1v) is 8.15. The summed E-state index contributed by atoms with van der Waals surface area (Å²) in [6, 6.07) is 14.1. The van der Waals surface area contributed by atoms with E-state index < -0.39 is 5.97 Å². The summed E-state index contributed by atoms with van der Waals surface area (Å²) in [5.74, 6) is -1.25. The van der Waals surface area contributed by atoms with Crippen molar-refractivity contribution in [3.8, 4) is 11.3 Å². The van der Waals surface area contributed by atoms with Gasteiger partial charge in [-0.25, -0.2) is 4.98 Å². The summed E-state index contributed by atoms with van der Waals surface area (Å²) in [5.41, 5.74) is 2.11. The number of fused-ring (bicyclic) bond motifs is 1. The zero-order valence-electron chi connectivity index (χ0n) is 13.9. The molecular weight excluding hydrogens is 334 g/mol. The minimum absolute atomic E-state index is 0.0685. The Bertz CT molecular complexity index is 1030. The van der Waals surface area contributed by atoms with Crippen molar-refractivity contribution in [1.82, 2.24) is 9.97 Å². The molecular formula is C19H17N3O4. The van der Waals surface area contributed by atoms with E-state index in [2.05, 4.69) is 15.3 Å². The Hall–Kier alpha value is -3.48. The van der Waals surface area contributed by atoms with Gasteiger partial charge in [0.05, 0.1) is 16.7 Å². The lowest BCUT2D eigenvalue weighted by Crippen LogP contribution is -2.15. The molecule has 0 bridgehead atoms. The first-order chi connectivity index (χ1) is 12.5. The van der Waals surface area contributed by atoms with Gasteiger partial charge >= 0.3 is 5.97 Å². The second-order valence-electron chi connectivity index (χ2n) is 5.77. The smallest absolute Gasteiger partial charge is 0.303 e. The number of benzene rings is 2. The summed E-state index contributed by atoms with van der Waals surface area (Å²) in [5, 5.41) is 11.4. The highest BCUT2D eigenvalue weighted by atomic mass is 16.4. The zero-order valence-corrected chi connectivity index (χ0v) is 13.9. The van der Waals surface area contributed by atoms with Gasteiger partial charge in [-0.05, 0) is 24.6 Å². The number of aliphatic carboxylic acids is 1. The largest absolute Gasteiger partial charge is 0.481 e. The number of para-hydroxylation sites is 3. The van der Waals surface area contributed by atoms with Crippen molar-refractivity contribution in [1.29, 1.82) is 0 Å². The number of carbonyl (C=O) groups is 2. The van der Waals surface area contributed by atoms with E-state index in [0.717, 1.165) is 0 Å². The lowest BCUT2D eigenvalue weighted by atomic mass is 10.1. The van der Waals surface area contributed by atoms with E-state index in [1.165, 1.54) is 0 Å². The molecule has 1 amide bonds. The van der Waals surface area contributed by atoms with E-state index >= 15 is 0 Å². The number of nitrogens with zero attached hydrogens (tertiary/aromatic N) is 1. The Morgan fingerprint density at radius 1 is 1.04 bits per heavy atom. The van der Waals surface area contributed by atoms with E-state index in [1.54, 1.807) is 36.4 Å². The van der Waals surface area contributed by atoms with Crippen molar-refractivity contribution < 1.29 is 14.7 Å². The number of aromatic amines is 1. The van der Waals surface area contributed by atoms with Crippen LogP contribution in [0.15, 0.2) is 53.3 Å². The number of carboxylic acid groups (broad SMARTS) is 1. The van der Waals surface area contributed by atoms with Gasteiger partial charge in [-0.1, -0.05) is 30.3 Å². The second kappa shape index (κ2) is 7.60. The number of H-pyrrole nitrogens is 1. The molecule has 7 nitrogen and oxygen atoms in total. The number of rotatable bonds is 6. The summed E-state index contributed by atoms with van der Waals surface area (Å²) < 4.78 is 0. The van der Waals surface area contributed by atoms with Crippen molar-refractivity contribution in [2.75, 3.05) is 5.32 Å². The van der Waals surface area contributed by atoms with Crippen molar-refractivity contribution in [3.05, 3.63) is 58.9 Å². The number of anilines is 1. The summed E-state index contributed by atoms with van der Waals surface area (Å²) >= 11 is 0. The van der Waals surface area contributed by atoms with E-state index in [0.29, 0.717) is 22.3 Å². The summed E-state index contributed by atoms with van der Waals surface area (Å²) in [6.07, 6.45) is 0.265. The van der Waals surface area contributed by atoms with Crippen LogP contribution in [0, 0.1) is 0 Å². The number of amides is 1. The Labute approximate surface area is 148 Å². The average molecular weight is 351 g/mol. The van der Waals surface area contributed by atoms with Crippen molar-refractivity contribution >= 4 is 28.6 Å². The fraction of sp³-hybridized carbons (Fsp3) is 0.158. The van der Waals surface area contributed by atoms with E-state index in [4.69, 9.17) is 5.11 Å². The van der Waals surface area contributed by atoms with Crippen molar-refractivity contribution in [2.45, 2.75) is 19.3 Å². The van der Waals surface area contributed by atoms with Crippen LogP contribution in [0.2, 0.25) is 0 Å². The van der Waals surface area contributed by atoms with Gasteiger partial charge in [0.2, 0.25) is 5.91 Å². The van der Waals surface area contributed by atoms with Crippen LogP contribution in [-0.4, -0.2) is 27.0 Å². The van der Waals surface area contributed by atoms with Gasteiger partial charge < -0.3 is 15.4 Å².